The lowest BCUT2D eigenvalue weighted by Gasteiger charge is -2.34. The van der Waals surface area contributed by atoms with E-state index >= 15 is 0 Å². The van der Waals surface area contributed by atoms with Crippen molar-refractivity contribution in [3.8, 4) is 5.75 Å². The Morgan fingerprint density at radius 2 is 1.57 bits per heavy atom. The van der Waals surface area contributed by atoms with Crippen LogP contribution in [0, 0.1) is 13.8 Å². The average Bonchev–Trinajstić information content (AvgIpc) is 2.74. The molecule has 164 valence electrons. The van der Waals surface area contributed by atoms with Crippen molar-refractivity contribution in [2.45, 2.75) is 23.6 Å². The topological polar surface area (TPSA) is 84.0 Å². The fourth-order valence-electron chi connectivity index (χ4n) is 3.38. The van der Waals surface area contributed by atoms with Crippen molar-refractivity contribution in [3.05, 3.63) is 53.6 Å². The number of benzene rings is 2. The molecule has 3 rings (SSSR count). The highest BCUT2D eigenvalue weighted by molar-refractivity contribution is 7.91. The average molecular weight is 453 g/mol. The molecule has 0 unspecified atom stereocenters. The zero-order valence-electron chi connectivity index (χ0n) is 17.5. The van der Waals surface area contributed by atoms with Gasteiger partial charge in [0.1, 0.15) is 5.75 Å². The first kappa shape index (κ1) is 22.7. The quantitative estimate of drug-likeness (QED) is 0.640. The van der Waals surface area contributed by atoms with E-state index in [1.807, 2.05) is 24.8 Å². The molecule has 0 N–H and O–H groups in total. The third kappa shape index (κ3) is 5.03. The van der Waals surface area contributed by atoms with Crippen LogP contribution in [0.1, 0.15) is 11.1 Å². The highest BCUT2D eigenvalue weighted by Gasteiger charge is 2.29. The van der Waals surface area contributed by atoms with Gasteiger partial charge >= 0.3 is 0 Å². The van der Waals surface area contributed by atoms with E-state index in [-0.39, 0.29) is 10.6 Å². The van der Waals surface area contributed by atoms with Crippen LogP contribution in [-0.2, 0) is 19.9 Å². The first-order chi connectivity index (χ1) is 14.1. The Morgan fingerprint density at radius 3 is 2.20 bits per heavy atom. The molecule has 1 fully saturated rings. The minimum atomic E-state index is -3.54. The first-order valence-electron chi connectivity index (χ1n) is 9.80. The van der Waals surface area contributed by atoms with E-state index in [9.17, 15) is 16.8 Å². The predicted molar refractivity (Wildman–Crippen MR) is 116 cm³/mol. The molecule has 1 aliphatic rings. The maximum absolute atomic E-state index is 12.9. The van der Waals surface area contributed by atoms with E-state index in [1.165, 1.54) is 17.5 Å². The number of ether oxygens (including phenoxy) is 1. The van der Waals surface area contributed by atoms with Crippen LogP contribution >= 0.6 is 0 Å². The SMILES string of the molecule is COc1cccc(S(=O)(=O)CCN2CCN(S(=O)(=O)c3ccc(C)c(C)c3)CC2)c1. The number of aryl methyl sites for hydroxylation is 2. The Morgan fingerprint density at radius 1 is 0.867 bits per heavy atom. The summed E-state index contributed by atoms with van der Waals surface area (Å²) >= 11 is 0. The normalized spacial score (nSPS) is 16.5. The van der Waals surface area contributed by atoms with E-state index < -0.39 is 19.9 Å². The predicted octanol–water partition coefficient (Wildman–Crippen LogP) is 2.09. The van der Waals surface area contributed by atoms with Gasteiger partial charge in [0.05, 0.1) is 22.7 Å². The molecule has 1 saturated heterocycles. The molecule has 0 radical (unpaired) electrons. The molecule has 1 aliphatic heterocycles. The Bertz CT molecular complexity index is 1110. The summed E-state index contributed by atoms with van der Waals surface area (Å²) in [6.45, 7) is 5.88. The Balaban J connectivity index is 1.59. The molecule has 0 spiro atoms. The van der Waals surface area contributed by atoms with Gasteiger partial charge in [0.25, 0.3) is 0 Å². The van der Waals surface area contributed by atoms with Crippen LogP contribution in [0.15, 0.2) is 52.3 Å². The van der Waals surface area contributed by atoms with Crippen molar-refractivity contribution < 1.29 is 21.6 Å². The molecule has 0 amide bonds. The van der Waals surface area contributed by atoms with Crippen molar-refractivity contribution in [2.75, 3.05) is 45.6 Å². The van der Waals surface area contributed by atoms with Gasteiger partial charge in [-0.3, -0.25) is 4.90 Å². The van der Waals surface area contributed by atoms with Crippen LogP contribution in [0.25, 0.3) is 0 Å². The Kier molecular flexibility index (Phi) is 6.86. The van der Waals surface area contributed by atoms with E-state index in [2.05, 4.69) is 0 Å². The second-order valence-corrected chi connectivity index (χ2v) is 11.5. The maximum atomic E-state index is 12.9. The fourth-order valence-corrected chi connectivity index (χ4v) is 6.20. The highest BCUT2D eigenvalue weighted by atomic mass is 32.2. The van der Waals surface area contributed by atoms with Gasteiger partial charge in [0.15, 0.2) is 9.84 Å². The molecule has 0 aliphatic carbocycles. The molecular weight excluding hydrogens is 424 g/mol. The monoisotopic (exact) mass is 452 g/mol. The number of hydrogen-bond donors (Lipinski definition) is 0. The van der Waals surface area contributed by atoms with Gasteiger partial charge < -0.3 is 4.74 Å². The number of methoxy groups -OCH3 is 1. The van der Waals surface area contributed by atoms with Crippen LogP contribution in [0.2, 0.25) is 0 Å². The zero-order valence-corrected chi connectivity index (χ0v) is 19.2. The van der Waals surface area contributed by atoms with Crippen LogP contribution in [0.5, 0.6) is 5.75 Å². The zero-order chi connectivity index (χ0) is 21.9. The molecule has 0 atom stereocenters. The van der Waals surface area contributed by atoms with Crippen LogP contribution < -0.4 is 4.74 Å². The highest BCUT2D eigenvalue weighted by Crippen LogP contribution is 2.21. The van der Waals surface area contributed by atoms with Crippen molar-refractivity contribution >= 4 is 19.9 Å². The molecular formula is C21H28N2O5S2. The third-order valence-electron chi connectivity index (χ3n) is 5.52. The second-order valence-electron chi connectivity index (χ2n) is 7.49. The standard InChI is InChI=1S/C21H28N2O5S2/c1-17-7-8-21(15-18(17)2)30(26,27)23-11-9-22(10-12-23)13-14-29(24,25)20-6-4-5-19(16-20)28-3/h4-8,15-16H,9-14H2,1-3H3. The van der Waals surface area contributed by atoms with Crippen LogP contribution in [0.4, 0.5) is 0 Å². The van der Waals surface area contributed by atoms with E-state index in [1.54, 1.807) is 30.3 Å². The van der Waals surface area contributed by atoms with Gasteiger partial charge in [0, 0.05) is 32.7 Å². The number of hydrogen-bond acceptors (Lipinski definition) is 6. The summed E-state index contributed by atoms with van der Waals surface area (Å²) in [5.41, 5.74) is 1.99. The number of nitrogens with zero attached hydrogens (tertiary/aromatic N) is 2. The van der Waals surface area contributed by atoms with Gasteiger partial charge in [-0.1, -0.05) is 12.1 Å². The summed E-state index contributed by atoms with van der Waals surface area (Å²) in [5.74, 6) is 0.477. The molecule has 1 heterocycles. The lowest BCUT2D eigenvalue weighted by molar-refractivity contribution is 0.197. The third-order valence-corrected chi connectivity index (χ3v) is 9.11. The molecule has 0 saturated carbocycles. The number of piperazine rings is 1. The lowest BCUT2D eigenvalue weighted by Crippen LogP contribution is -2.49. The molecule has 0 bridgehead atoms. The lowest BCUT2D eigenvalue weighted by atomic mass is 10.1. The maximum Gasteiger partial charge on any atom is 0.243 e. The van der Waals surface area contributed by atoms with Crippen LogP contribution in [-0.4, -0.2) is 71.6 Å². The Hall–Kier alpha value is -1.94. The summed E-state index contributed by atoms with van der Waals surface area (Å²) < 4.78 is 57.7. The summed E-state index contributed by atoms with van der Waals surface area (Å²) in [6, 6.07) is 11.6. The molecule has 0 aromatic heterocycles. The van der Waals surface area contributed by atoms with Crippen LogP contribution in [0.3, 0.4) is 0 Å². The largest absolute Gasteiger partial charge is 0.497 e. The van der Waals surface area contributed by atoms with Gasteiger partial charge in [-0.05, 0) is 55.3 Å². The van der Waals surface area contributed by atoms with E-state index in [4.69, 9.17) is 4.74 Å². The summed E-state index contributed by atoms with van der Waals surface area (Å²) in [6.07, 6.45) is 0. The molecule has 9 heteroatoms. The van der Waals surface area contributed by atoms with Gasteiger partial charge in [-0.2, -0.15) is 4.31 Å². The van der Waals surface area contributed by atoms with Crippen molar-refractivity contribution in [1.82, 2.24) is 9.21 Å². The van der Waals surface area contributed by atoms with Crippen molar-refractivity contribution in [2.24, 2.45) is 0 Å². The summed E-state index contributed by atoms with van der Waals surface area (Å²) in [4.78, 5) is 2.53. The minimum absolute atomic E-state index is 0.0237. The number of sulfone groups is 1. The Labute approximate surface area is 179 Å². The summed E-state index contributed by atoms with van der Waals surface area (Å²) in [5, 5.41) is 0. The molecule has 2 aromatic rings. The van der Waals surface area contributed by atoms with Crippen molar-refractivity contribution in [1.29, 1.82) is 0 Å². The van der Waals surface area contributed by atoms with Crippen molar-refractivity contribution in [3.63, 3.8) is 0 Å². The summed E-state index contributed by atoms with van der Waals surface area (Å²) in [7, 11) is -5.49. The first-order valence-corrected chi connectivity index (χ1v) is 12.9. The van der Waals surface area contributed by atoms with E-state index in [0.717, 1.165) is 11.1 Å². The van der Waals surface area contributed by atoms with E-state index in [0.29, 0.717) is 43.4 Å². The molecule has 2 aromatic carbocycles. The van der Waals surface area contributed by atoms with Gasteiger partial charge in [-0.25, -0.2) is 16.8 Å². The molecule has 7 nitrogen and oxygen atoms in total. The van der Waals surface area contributed by atoms with Gasteiger partial charge in [-0.15, -0.1) is 0 Å². The number of rotatable bonds is 7. The molecule has 30 heavy (non-hydrogen) atoms. The second kappa shape index (κ2) is 9.05. The fraction of sp³-hybridized carbons (Fsp3) is 0.429. The number of sulfonamides is 1. The van der Waals surface area contributed by atoms with Gasteiger partial charge in [0.2, 0.25) is 10.0 Å². The minimum Gasteiger partial charge on any atom is -0.497 e. The smallest absolute Gasteiger partial charge is 0.243 e.